The second-order valence-electron chi connectivity index (χ2n) is 8.33. The molecule has 0 unspecified atom stereocenters. The number of ether oxygens (including phenoxy) is 3. The van der Waals surface area contributed by atoms with E-state index in [1.807, 2.05) is 60.9 Å². The summed E-state index contributed by atoms with van der Waals surface area (Å²) in [6.45, 7) is 4.10. The number of hydrogen-bond acceptors (Lipinski definition) is 8. The molecule has 0 radical (unpaired) electrons. The lowest BCUT2D eigenvalue weighted by Gasteiger charge is -2.18. The smallest absolute Gasteiger partial charge is 0.220 e. The molecule has 0 spiro atoms. The second-order valence-corrected chi connectivity index (χ2v) is 10.3. The van der Waals surface area contributed by atoms with E-state index in [-0.39, 0.29) is 23.1 Å². The third kappa shape index (κ3) is 6.95. The number of aryl methyl sites for hydroxylation is 1. The summed E-state index contributed by atoms with van der Waals surface area (Å²) in [4.78, 5) is 11.3. The van der Waals surface area contributed by atoms with Gasteiger partial charge in [-0.2, -0.15) is 0 Å². The van der Waals surface area contributed by atoms with Crippen molar-refractivity contribution in [1.82, 2.24) is 14.8 Å². The normalized spacial score (nSPS) is 11.7. The van der Waals surface area contributed by atoms with Crippen molar-refractivity contribution in [2.45, 2.75) is 30.9 Å². The minimum absolute atomic E-state index is 0.173. The van der Waals surface area contributed by atoms with Gasteiger partial charge >= 0.3 is 0 Å². The van der Waals surface area contributed by atoms with Crippen LogP contribution in [0.2, 0.25) is 10.0 Å². The number of nitro groups is 1. The lowest BCUT2D eigenvalue weighted by molar-refractivity contribution is -0.479. The molecular formula is C27H26Cl2N4O5S. The van der Waals surface area contributed by atoms with Crippen LogP contribution in [0.15, 0.2) is 65.8 Å². The van der Waals surface area contributed by atoms with Crippen LogP contribution in [0.5, 0.6) is 17.2 Å². The van der Waals surface area contributed by atoms with Crippen LogP contribution in [0, 0.1) is 17.0 Å². The highest BCUT2D eigenvalue weighted by molar-refractivity contribution is 7.99. The van der Waals surface area contributed by atoms with E-state index in [1.165, 1.54) is 18.9 Å². The van der Waals surface area contributed by atoms with Crippen LogP contribution >= 0.6 is 35.0 Å². The average molecular weight is 590 g/mol. The first-order valence-electron chi connectivity index (χ1n) is 12.0. The van der Waals surface area contributed by atoms with Crippen LogP contribution in [0.25, 0.3) is 5.69 Å². The van der Waals surface area contributed by atoms with Crippen molar-refractivity contribution in [2.75, 3.05) is 20.3 Å². The summed E-state index contributed by atoms with van der Waals surface area (Å²) in [7, 11) is 1.49. The maximum atomic E-state index is 11.7. The minimum atomic E-state index is -0.644. The summed E-state index contributed by atoms with van der Waals surface area (Å²) >= 11 is 14.1. The number of hydrogen-bond donors (Lipinski definition) is 0. The van der Waals surface area contributed by atoms with Crippen LogP contribution in [0.1, 0.15) is 29.1 Å². The molecule has 0 amide bonds. The van der Waals surface area contributed by atoms with Crippen molar-refractivity contribution >= 4 is 35.0 Å². The van der Waals surface area contributed by atoms with Gasteiger partial charge in [-0.15, -0.1) is 10.2 Å². The van der Waals surface area contributed by atoms with Gasteiger partial charge in [0.15, 0.2) is 16.7 Å². The van der Waals surface area contributed by atoms with Crippen molar-refractivity contribution in [1.29, 1.82) is 0 Å². The third-order valence-corrected chi connectivity index (χ3v) is 7.55. The maximum absolute atomic E-state index is 11.7. The van der Waals surface area contributed by atoms with E-state index >= 15 is 0 Å². The van der Waals surface area contributed by atoms with Crippen LogP contribution in [0.3, 0.4) is 0 Å². The Bertz CT molecular complexity index is 1450. The van der Waals surface area contributed by atoms with Gasteiger partial charge in [0.2, 0.25) is 6.54 Å². The highest BCUT2D eigenvalue weighted by Crippen LogP contribution is 2.43. The Morgan fingerprint density at radius 2 is 1.79 bits per heavy atom. The fraction of sp³-hybridized carbons (Fsp3) is 0.259. The number of aromatic nitrogens is 3. The molecule has 0 N–H and O–H groups in total. The Balaban J connectivity index is 1.64. The van der Waals surface area contributed by atoms with Gasteiger partial charge < -0.3 is 14.2 Å². The topological polar surface area (TPSA) is 102 Å². The molecular weight excluding hydrogens is 563 g/mol. The van der Waals surface area contributed by atoms with E-state index < -0.39 is 5.25 Å². The molecule has 9 nitrogen and oxygen atoms in total. The number of methoxy groups -OCH3 is 1. The number of nitrogens with zero attached hydrogens (tertiary/aromatic N) is 4. The SMILES string of the molecule is CCOc1ccc(-n2c(C)nnc2S[C@@H](C[N+](=O)[O-])c2cc(Cl)c(OCc3ccccc3Cl)c(OC)c2)cc1. The molecule has 0 saturated heterocycles. The molecule has 204 valence electrons. The van der Waals surface area contributed by atoms with E-state index in [1.54, 1.807) is 18.2 Å². The molecule has 3 aromatic carbocycles. The lowest BCUT2D eigenvalue weighted by atomic mass is 10.1. The van der Waals surface area contributed by atoms with Gasteiger partial charge in [0.25, 0.3) is 0 Å². The Labute approximate surface area is 240 Å². The van der Waals surface area contributed by atoms with E-state index in [0.717, 1.165) is 17.0 Å². The van der Waals surface area contributed by atoms with Crippen molar-refractivity contribution in [2.24, 2.45) is 0 Å². The summed E-state index contributed by atoms with van der Waals surface area (Å²) in [5.74, 6) is 2.05. The maximum Gasteiger partial charge on any atom is 0.220 e. The molecule has 0 aliphatic heterocycles. The van der Waals surface area contributed by atoms with E-state index in [2.05, 4.69) is 10.2 Å². The molecule has 12 heteroatoms. The quantitative estimate of drug-likeness (QED) is 0.0991. The van der Waals surface area contributed by atoms with Crippen molar-refractivity contribution in [3.63, 3.8) is 0 Å². The number of thioether (sulfide) groups is 1. The third-order valence-electron chi connectivity index (χ3n) is 5.72. The zero-order chi connectivity index (χ0) is 27.9. The van der Waals surface area contributed by atoms with E-state index in [0.29, 0.717) is 39.7 Å². The van der Waals surface area contributed by atoms with Gasteiger partial charge in [-0.3, -0.25) is 14.7 Å². The summed E-state index contributed by atoms with van der Waals surface area (Å²) in [5.41, 5.74) is 2.18. The van der Waals surface area contributed by atoms with Gasteiger partial charge in [0, 0.05) is 21.2 Å². The van der Waals surface area contributed by atoms with Crippen LogP contribution in [-0.2, 0) is 6.61 Å². The number of halogens is 2. The zero-order valence-electron chi connectivity index (χ0n) is 21.5. The first kappa shape index (κ1) is 28.5. The summed E-state index contributed by atoms with van der Waals surface area (Å²) in [5, 5.41) is 20.9. The van der Waals surface area contributed by atoms with Gasteiger partial charge in [0.1, 0.15) is 23.4 Å². The standard InChI is InChI=1S/C27H26Cl2N4O5S/c1-4-37-21-11-9-20(10-12-21)33-17(2)30-31-27(33)39-25(15-32(34)35)19-13-23(29)26(24(14-19)36-3)38-16-18-7-5-6-8-22(18)28/h5-14,25H,4,15-16H2,1-3H3/t25-/m0/s1. The Morgan fingerprint density at radius 1 is 1.05 bits per heavy atom. The summed E-state index contributed by atoms with van der Waals surface area (Å²) < 4.78 is 18.9. The predicted molar refractivity (Wildman–Crippen MR) is 152 cm³/mol. The Kier molecular flexibility index (Phi) is 9.55. The monoisotopic (exact) mass is 588 g/mol. The van der Waals surface area contributed by atoms with Gasteiger partial charge in [-0.1, -0.05) is 53.2 Å². The summed E-state index contributed by atoms with van der Waals surface area (Å²) in [6, 6.07) is 18.1. The average Bonchev–Trinajstić information content (AvgIpc) is 3.28. The second kappa shape index (κ2) is 13.1. The van der Waals surface area contributed by atoms with Gasteiger partial charge in [-0.05, 0) is 61.9 Å². The fourth-order valence-electron chi connectivity index (χ4n) is 3.88. The van der Waals surface area contributed by atoms with E-state index in [9.17, 15) is 10.1 Å². The molecule has 0 fully saturated rings. The first-order valence-corrected chi connectivity index (χ1v) is 13.6. The highest BCUT2D eigenvalue weighted by Gasteiger charge is 2.26. The fourth-order valence-corrected chi connectivity index (χ4v) is 5.50. The van der Waals surface area contributed by atoms with Crippen molar-refractivity contribution < 1.29 is 19.1 Å². The van der Waals surface area contributed by atoms with Crippen LogP contribution in [-0.4, -0.2) is 39.9 Å². The number of benzene rings is 3. The Hall–Kier alpha value is -3.47. The molecule has 4 rings (SSSR count). The van der Waals surface area contributed by atoms with Crippen LogP contribution < -0.4 is 14.2 Å². The molecule has 0 saturated carbocycles. The number of rotatable bonds is 12. The van der Waals surface area contributed by atoms with Crippen molar-refractivity contribution in [3.05, 3.63) is 97.8 Å². The first-order chi connectivity index (χ1) is 18.8. The van der Waals surface area contributed by atoms with Crippen molar-refractivity contribution in [3.8, 4) is 22.9 Å². The lowest BCUT2D eigenvalue weighted by Crippen LogP contribution is -2.12. The highest BCUT2D eigenvalue weighted by atomic mass is 35.5. The predicted octanol–water partition coefficient (Wildman–Crippen LogP) is 6.98. The molecule has 0 aliphatic rings. The molecule has 1 heterocycles. The molecule has 0 bridgehead atoms. The minimum Gasteiger partial charge on any atom is -0.494 e. The largest absolute Gasteiger partial charge is 0.494 e. The Morgan fingerprint density at radius 3 is 2.46 bits per heavy atom. The van der Waals surface area contributed by atoms with Crippen LogP contribution in [0.4, 0.5) is 0 Å². The van der Waals surface area contributed by atoms with Gasteiger partial charge in [0.05, 0.1) is 18.7 Å². The summed E-state index contributed by atoms with van der Waals surface area (Å²) in [6.07, 6.45) is 0. The molecule has 4 aromatic rings. The van der Waals surface area contributed by atoms with Gasteiger partial charge in [-0.25, -0.2) is 0 Å². The zero-order valence-corrected chi connectivity index (χ0v) is 23.8. The molecule has 1 atom stereocenters. The molecule has 1 aromatic heterocycles. The molecule has 39 heavy (non-hydrogen) atoms. The molecule has 0 aliphatic carbocycles. The van der Waals surface area contributed by atoms with E-state index in [4.69, 9.17) is 37.4 Å².